The number of methoxy groups -OCH3 is 1. The smallest absolute Gasteiger partial charge is 0.497 e. The van der Waals surface area contributed by atoms with Gasteiger partial charge in [-0.05, 0) is 35.9 Å². The van der Waals surface area contributed by atoms with Gasteiger partial charge in [0.1, 0.15) is 11.5 Å². The molecule has 0 fully saturated rings. The Morgan fingerprint density at radius 3 is 2.67 bits per heavy atom. The monoisotopic (exact) mass is 386 g/mol. The number of anilines is 1. The van der Waals surface area contributed by atoms with Crippen molar-refractivity contribution < 1.29 is 36.6 Å². The Bertz CT molecular complexity index is 861. The van der Waals surface area contributed by atoms with Gasteiger partial charge in [-0.1, -0.05) is 12.1 Å². The molecule has 27 heavy (non-hydrogen) atoms. The van der Waals surface area contributed by atoms with Crippen LogP contribution in [-0.2, 0) is 17.4 Å². The van der Waals surface area contributed by atoms with Crippen molar-refractivity contribution in [3.05, 3.63) is 53.6 Å². The summed E-state index contributed by atoms with van der Waals surface area (Å²) in [6, 6.07) is 9.14. The third-order valence-corrected chi connectivity index (χ3v) is 3.61. The standard InChI is InChI=1S/C17H14F4N2O4/c1-25-12-4-2-3-10(7-12)9-22-15(24)23-11-5-6-14-13(8-11)16(18,19)27-17(20,21)26-14/h2-8H,9H2,1H3,(H2,22,23,24). The molecule has 2 N–H and O–H groups in total. The first kappa shape index (κ1) is 18.8. The average molecular weight is 386 g/mol. The number of rotatable bonds is 4. The van der Waals surface area contributed by atoms with Gasteiger partial charge in [0, 0.05) is 12.2 Å². The first-order valence-electron chi connectivity index (χ1n) is 7.66. The number of urea groups is 1. The number of benzene rings is 2. The summed E-state index contributed by atoms with van der Waals surface area (Å²) in [6.07, 6.45) is -8.72. The molecular weight excluding hydrogens is 372 g/mol. The Morgan fingerprint density at radius 2 is 1.93 bits per heavy atom. The number of amides is 2. The zero-order chi connectivity index (χ0) is 19.7. The van der Waals surface area contributed by atoms with E-state index in [1.165, 1.54) is 7.11 Å². The summed E-state index contributed by atoms with van der Waals surface area (Å²) in [5.74, 6) is -0.123. The maximum atomic E-state index is 13.7. The maximum Gasteiger partial charge on any atom is 0.540 e. The molecular formula is C17H14F4N2O4. The van der Waals surface area contributed by atoms with Crippen molar-refractivity contribution in [1.82, 2.24) is 5.32 Å². The van der Waals surface area contributed by atoms with Gasteiger partial charge in [-0.15, -0.1) is 8.78 Å². The van der Waals surface area contributed by atoms with E-state index in [4.69, 9.17) is 4.74 Å². The largest absolute Gasteiger partial charge is 0.540 e. The maximum absolute atomic E-state index is 13.7. The summed E-state index contributed by atoms with van der Waals surface area (Å²) in [5, 5.41) is 4.87. The van der Waals surface area contributed by atoms with Crippen LogP contribution in [0, 0.1) is 0 Å². The second-order valence-electron chi connectivity index (χ2n) is 5.55. The van der Waals surface area contributed by atoms with E-state index in [0.29, 0.717) is 5.75 Å². The number of nitrogens with one attached hydrogen (secondary N) is 2. The number of ether oxygens (including phenoxy) is 3. The minimum atomic E-state index is -4.44. The quantitative estimate of drug-likeness (QED) is 0.779. The molecule has 0 saturated heterocycles. The normalized spacial score (nSPS) is 16.6. The minimum absolute atomic E-state index is 0.0472. The van der Waals surface area contributed by atoms with Gasteiger partial charge >= 0.3 is 18.4 Å². The molecule has 2 amide bonds. The minimum Gasteiger partial charge on any atom is -0.497 e. The molecule has 10 heteroatoms. The highest BCUT2D eigenvalue weighted by molar-refractivity contribution is 5.89. The Morgan fingerprint density at radius 1 is 1.15 bits per heavy atom. The highest BCUT2D eigenvalue weighted by atomic mass is 19.3. The second-order valence-corrected chi connectivity index (χ2v) is 5.55. The van der Waals surface area contributed by atoms with E-state index in [0.717, 1.165) is 23.8 Å². The number of hydrogen-bond donors (Lipinski definition) is 2. The van der Waals surface area contributed by atoms with Gasteiger partial charge in [0.2, 0.25) is 0 Å². The van der Waals surface area contributed by atoms with Gasteiger partial charge in [0.05, 0.1) is 12.7 Å². The van der Waals surface area contributed by atoms with Crippen LogP contribution in [0.1, 0.15) is 11.1 Å². The molecule has 3 rings (SSSR count). The van der Waals surface area contributed by atoms with E-state index in [1.807, 2.05) is 0 Å². The van der Waals surface area contributed by atoms with Crippen molar-refractivity contribution in [2.24, 2.45) is 0 Å². The number of carbonyl (C=O) groups excluding carboxylic acids is 1. The van der Waals surface area contributed by atoms with Crippen molar-refractivity contribution in [3.8, 4) is 11.5 Å². The summed E-state index contributed by atoms with van der Waals surface area (Å²) in [6.45, 7) is 0.155. The predicted octanol–water partition coefficient (Wildman–Crippen LogP) is 4.03. The van der Waals surface area contributed by atoms with E-state index in [2.05, 4.69) is 20.1 Å². The van der Waals surface area contributed by atoms with Crippen molar-refractivity contribution in [2.45, 2.75) is 18.9 Å². The molecule has 1 aliphatic heterocycles. The molecule has 0 radical (unpaired) electrons. The molecule has 1 heterocycles. The van der Waals surface area contributed by atoms with Gasteiger partial charge in [-0.25, -0.2) is 9.53 Å². The van der Waals surface area contributed by atoms with Crippen LogP contribution < -0.4 is 20.1 Å². The van der Waals surface area contributed by atoms with Crippen LogP contribution in [0.2, 0.25) is 0 Å². The molecule has 0 aliphatic carbocycles. The lowest BCUT2D eigenvalue weighted by Crippen LogP contribution is -2.41. The molecule has 0 unspecified atom stereocenters. The van der Waals surface area contributed by atoms with Crippen LogP contribution in [0.25, 0.3) is 0 Å². The molecule has 2 aromatic rings. The Balaban J connectivity index is 1.67. The van der Waals surface area contributed by atoms with Crippen LogP contribution in [0.4, 0.5) is 28.0 Å². The topological polar surface area (TPSA) is 68.8 Å². The highest BCUT2D eigenvalue weighted by Crippen LogP contribution is 2.46. The number of carbonyl (C=O) groups is 1. The van der Waals surface area contributed by atoms with E-state index >= 15 is 0 Å². The van der Waals surface area contributed by atoms with Crippen molar-refractivity contribution in [1.29, 1.82) is 0 Å². The van der Waals surface area contributed by atoms with Crippen LogP contribution in [-0.4, -0.2) is 19.4 Å². The summed E-state index contributed by atoms with van der Waals surface area (Å²) >= 11 is 0. The Kier molecular flexibility index (Phi) is 4.83. The lowest BCUT2D eigenvalue weighted by molar-refractivity contribution is -0.461. The molecule has 144 valence electrons. The molecule has 6 nitrogen and oxygen atoms in total. The molecule has 0 atom stereocenters. The van der Waals surface area contributed by atoms with Crippen molar-refractivity contribution >= 4 is 11.7 Å². The van der Waals surface area contributed by atoms with Crippen LogP contribution in [0.5, 0.6) is 11.5 Å². The van der Waals surface area contributed by atoms with Gasteiger partial charge in [0.15, 0.2) is 0 Å². The molecule has 0 spiro atoms. The summed E-state index contributed by atoms with van der Waals surface area (Å²) < 4.78 is 65.9. The van der Waals surface area contributed by atoms with Crippen molar-refractivity contribution in [3.63, 3.8) is 0 Å². The lowest BCUT2D eigenvalue weighted by atomic mass is 10.1. The third kappa shape index (κ3) is 4.40. The molecule has 2 aromatic carbocycles. The predicted molar refractivity (Wildman–Crippen MR) is 85.8 cm³/mol. The van der Waals surface area contributed by atoms with Crippen LogP contribution in [0.15, 0.2) is 42.5 Å². The fraction of sp³-hybridized carbons (Fsp3) is 0.235. The van der Waals surface area contributed by atoms with Gasteiger partial charge in [0.25, 0.3) is 0 Å². The lowest BCUT2D eigenvalue weighted by Gasteiger charge is -2.30. The molecule has 0 bridgehead atoms. The van der Waals surface area contributed by atoms with E-state index < -0.39 is 29.7 Å². The third-order valence-electron chi connectivity index (χ3n) is 3.61. The number of alkyl halides is 4. The Hall–Kier alpha value is -3.01. The van der Waals surface area contributed by atoms with Crippen molar-refractivity contribution in [2.75, 3.05) is 12.4 Å². The molecule has 0 saturated carbocycles. The fourth-order valence-corrected chi connectivity index (χ4v) is 2.42. The summed E-state index contributed by atoms with van der Waals surface area (Å²) in [5.41, 5.74) is -0.210. The summed E-state index contributed by atoms with van der Waals surface area (Å²) in [7, 11) is 1.51. The van der Waals surface area contributed by atoms with Gasteiger partial charge < -0.3 is 20.1 Å². The van der Waals surface area contributed by atoms with Gasteiger partial charge in [-0.3, -0.25) is 0 Å². The zero-order valence-electron chi connectivity index (χ0n) is 13.9. The highest BCUT2D eigenvalue weighted by Gasteiger charge is 2.54. The zero-order valence-corrected chi connectivity index (χ0v) is 13.9. The second kappa shape index (κ2) is 6.95. The SMILES string of the molecule is COc1cccc(CNC(=O)Nc2ccc3c(c2)C(F)(F)OC(F)(F)O3)c1. The van der Waals surface area contributed by atoms with Crippen LogP contribution >= 0.6 is 0 Å². The first-order valence-corrected chi connectivity index (χ1v) is 7.66. The van der Waals surface area contributed by atoms with Crippen LogP contribution in [0.3, 0.4) is 0 Å². The number of fused-ring (bicyclic) bond motifs is 1. The van der Waals surface area contributed by atoms with E-state index in [1.54, 1.807) is 24.3 Å². The Labute approximate surface area is 151 Å². The molecule has 1 aliphatic rings. The van der Waals surface area contributed by atoms with Gasteiger partial charge in [-0.2, -0.15) is 8.78 Å². The first-order chi connectivity index (χ1) is 12.7. The number of halogens is 4. The summed E-state index contributed by atoms with van der Waals surface area (Å²) in [4.78, 5) is 11.9. The van der Waals surface area contributed by atoms with E-state index in [-0.39, 0.29) is 12.2 Å². The fourth-order valence-electron chi connectivity index (χ4n) is 2.42. The van der Waals surface area contributed by atoms with E-state index in [9.17, 15) is 22.4 Å². The number of hydrogen-bond acceptors (Lipinski definition) is 4. The molecule has 0 aromatic heterocycles. The average Bonchev–Trinajstić information content (AvgIpc) is 2.59.